The second-order valence-electron chi connectivity index (χ2n) is 6.10. The minimum Gasteiger partial charge on any atom is -0.339 e. The first-order chi connectivity index (χ1) is 11.1. The Morgan fingerprint density at radius 1 is 1.04 bits per heavy atom. The molecule has 5 nitrogen and oxygen atoms in total. The van der Waals surface area contributed by atoms with Crippen LogP contribution in [0.15, 0.2) is 30.3 Å². The predicted octanol–water partition coefficient (Wildman–Crippen LogP) is 3.46. The molecule has 120 valence electrons. The Kier molecular flexibility index (Phi) is 4.55. The zero-order valence-electron chi connectivity index (χ0n) is 13.7. The number of rotatable bonds is 3. The number of hydrogen-bond acceptors (Lipinski definition) is 4. The van der Waals surface area contributed by atoms with Gasteiger partial charge >= 0.3 is 0 Å². The summed E-state index contributed by atoms with van der Waals surface area (Å²) in [5, 5.41) is 11.5. The van der Waals surface area contributed by atoms with E-state index >= 15 is 0 Å². The average molecular weight is 310 g/mol. The van der Waals surface area contributed by atoms with Gasteiger partial charge < -0.3 is 10.2 Å². The number of aromatic nitrogens is 2. The van der Waals surface area contributed by atoms with Crippen LogP contribution in [-0.2, 0) is 0 Å². The maximum absolute atomic E-state index is 12.4. The number of piperidine rings is 1. The van der Waals surface area contributed by atoms with Crippen LogP contribution in [0.4, 0.5) is 11.5 Å². The van der Waals surface area contributed by atoms with Crippen molar-refractivity contribution in [3.63, 3.8) is 0 Å². The van der Waals surface area contributed by atoms with Crippen molar-refractivity contribution in [1.82, 2.24) is 15.1 Å². The quantitative estimate of drug-likeness (QED) is 0.943. The molecule has 0 bridgehead atoms. The highest BCUT2D eigenvalue weighted by Gasteiger charge is 2.19. The lowest BCUT2D eigenvalue weighted by Crippen LogP contribution is -2.36. The summed E-state index contributed by atoms with van der Waals surface area (Å²) < 4.78 is 0. The molecule has 23 heavy (non-hydrogen) atoms. The number of carbonyl (C=O) groups excluding carboxylic acids is 1. The molecule has 0 saturated carbocycles. The first kappa shape index (κ1) is 15.5. The topological polar surface area (TPSA) is 58.1 Å². The van der Waals surface area contributed by atoms with E-state index in [9.17, 15) is 4.79 Å². The summed E-state index contributed by atoms with van der Waals surface area (Å²) in [6.45, 7) is 5.74. The fraction of sp³-hybridized carbons (Fsp3) is 0.389. The van der Waals surface area contributed by atoms with Gasteiger partial charge in [-0.2, -0.15) is 0 Å². The molecule has 0 unspecified atom stereocenters. The zero-order valence-corrected chi connectivity index (χ0v) is 13.7. The van der Waals surface area contributed by atoms with Crippen molar-refractivity contribution in [2.45, 2.75) is 33.1 Å². The normalized spacial score (nSPS) is 14.6. The monoisotopic (exact) mass is 310 g/mol. The molecule has 0 atom stereocenters. The van der Waals surface area contributed by atoms with Gasteiger partial charge in [0.1, 0.15) is 0 Å². The molecular weight excluding hydrogens is 288 g/mol. The Bertz CT molecular complexity index is 691. The summed E-state index contributed by atoms with van der Waals surface area (Å²) in [7, 11) is 0. The number of hydrogen-bond donors (Lipinski definition) is 1. The Morgan fingerprint density at radius 3 is 2.52 bits per heavy atom. The minimum absolute atomic E-state index is 0.0181. The second-order valence-corrected chi connectivity index (χ2v) is 6.10. The van der Waals surface area contributed by atoms with Crippen molar-refractivity contribution in [1.29, 1.82) is 0 Å². The van der Waals surface area contributed by atoms with Crippen LogP contribution in [-0.4, -0.2) is 34.1 Å². The number of aryl methyl sites for hydroxylation is 2. The summed E-state index contributed by atoms with van der Waals surface area (Å²) in [5.41, 5.74) is 3.75. The van der Waals surface area contributed by atoms with Crippen molar-refractivity contribution < 1.29 is 4.79 Å². The molecule has 1 amide bonds. The van der Waals surface area contributed by atoms with Crippen molar-refractivity contribution in [3.8, 4) is 0 Å². The van der Waals surface area contributed by atoms with E-state index in [0.29, 0.717) is 11.5 Å². The second kappa shape index (κ2) is 6.77. The average Bonchev–Trinajstić information content (AvgIpc) is 2.59. The Balaban J connectivity index is 1.71. The summed E-state index contributed by atoms with van der Waals surface area (Å²) in [4.78, 5) is 14.2. The molecule has 0 aliphatic carbocycles. The maximum Gasteiger partial charge on any atom is 0.274 e. The van der Waals surface area contributed by atoms with Gasteiger partial charge in [0.2, 0.25) is 0 Å². The molecule has 1 aromatic heterocycles. The third kappa shape index (κ3) is 3.67. The summed E-state index contributed by atoms with van der Waals surface area (Å²) in [5.74, 6) is 0.629. The largest absolute Gasteiger partial charge is 0.339 e. The molecule has 1 aliphatic heterocycles. The SMILES string of the molecule is Cc1ccc(C)c(Nc2ccc(C(=O)N3CCCCC3)nn2)c1. The summed E-state index contributed by atoms with van der Waals surface area (Å²) in [6, 6.07) is 9.78. The van der Waals surface area contributed by atoms with Crippen LogP contribution >= 0.6 is 0 Å². The lowest BCUT2D eigenvalue weighted by molar-refractivity contribution is 0.0717. The van der Waals surface area contributed by atoms with Gasteiger partial charge in [-0.15, -0.1) is 10.2 Å². The summed E-state index contributed by atoms with van der Waals surface area (Å²) >= 11 is 0. The number of nitrogens with zero attached hydrogens (tertiary/aromatic N) is 3. The molecular formula is C18H22N4O. The molecule has 3 rings (SSSR count). The highest BCUT2D eigenvalue weighted by Crippen LogP contribution is 2.20. The van der Waals surface area contributed by atoms with Gasteiger partial charge in [-0.05, 0) is 62.4 Å². The van der Waals surface area contributed by atoms with Crippen LogP contribution in [0.3, 0.4) is 0 Å². The van der Waals surface area contributed by atoms with Gasteiger partial charge in [-0.25, -0.2) is 0 Å². The first-order valence-corrected chi connectivity index (χ1v) is 8.11. The molecule has 1 aromatic carbocycles. The predicted molar refractivity (Wildman–Crippen MR) is 91.0 cm³/mol. The van der Waals surface area contributed by atoms with Crippen LogP contribution in [0, 0.1) is 13.8 Å². The first-order valence-electron chi connectivity index (χ1n) is 8.11. The number of carbonyl (C=O) groups is 1. The highest BCUT2D eigenvalue weighted by molar-refractivity contribution is 5.92. The molecule has 2 heterocycles. The maximum atomic E-state index is 12.4. The van der Waals surface area contributed by atoms with Gasteiger partial charge in [-0.3, -0.25) is 4.79 Å². The van der Waals surface area contributed by atoms with Gasteiger partial charge in [0.25, 0.3) is 5.91 Å². The third-order valence-electron chi connectivity index (χ3n) is 4.18. The Morgan fingerprint density at radius 2 is 1.83 bits per heavy atom. The van der Waals surface area contributed by atoms with Gasteiger partial charge in [0.15, 0.2) is 11.5 Å². The van der Waals surface area contributed by atoms with Gasteiger partial charge in [0, 0.05) is 18.8 Å². The fourth-order valence-electron chi connectivity index (χ4n) is 2.78. The van der Waals surface area contributed by atoms with E-state index in [4.69, 9.17) is 0 Å². The zero-order chi connectivity index (χ0) is 16.2. The van der Waals surface area contributed by atoms with E-state index in [-0.39, 0.29) is 5.91 Å². The lowest BCUT2D eigenvalue weighted by atomic mass is 10.1. The molecule has 5 heteroatoms. The van der Waals surface area contributed by atoms with Crippen molar-refractivity contribution in [2.24, 2.45) is 0 Å². The lowest BCUT2D eigenvalue weighted by Gasteiger charge is -2.26. The summed E-state index contributed by atoms with van der Waals surface area (Å²) in [6.07, 6.45) is 3.35. The van der Waals surface area contributed by atoms with E-state index in [2.05, 4.69) is 40.6 Å². The highest BCUT2D eigenvalue weighted by atomic mass is 16.2. The molecule has 1 aliphatic rings. The number of anilines is 2. The molecule has 2 aromatic rings. The number of benzene rings is 1. The van der Waals surface area contributed by atoms with E-state index < -0.39 is 0 Å². The van der Waals surface area contributed by atoms with Crippen LogP contribution < -0.4 is 5.32 Å². The molecule has 1 saturated heterocycles. The van der Waals surface area contributed by atoms with Crippen LogP contribution in [0.2, 0.25) is 0 Å². The fourth-order valence-corrected chi connectivity index (χ4v) is 2.78. The third-order valence-corrected chi connectivity index (χ3v) is 4.18. The van der Waals surface area contributed by atoms with Gasteiger partial charge in [-0.1, -0.05) is 12.1 Å². The van der Waals surface area contributed by atoms with E-state index in [1.54, 1.807) is 6.07 Å². The Labute approximate surface area is 136 Å². The number of likely N-dealkylation sites (tertiary alicyclic amines) is 1. The van der Waals surface area contributed by atoms with Crippen LogP contribution in [0.25, 0.3) is 0 Å². The van der Waals surface area contributed by atoms with Crippen molar-refractivity contribution in [3.05, 3.63) is 47.2 Å². The van der Waals surface area contributed by atoms with E-state index in [0.717, 1.165) is 37.2 Å². The van der Waals surface area contributed by atoms with Crippen LogP contribution in [0.1, 0.15) is 40.9 Å². The standard InChI is InChI=1S/C18H22N4O/c1-13-6-7-14(2)16(12-13)19-17-9-8-15(20-21-17)18(23)22-10-4-3-5-11-22/h6-9,12H,3-5,10-11H2,1-2H3,(H,19,21). The van der Waals surface area contributed by atoms with Crippen molar-refractivity contribution in [2.75, 3.05) is 18.4 Å². The number of nitrogens with one attached hydrogen (secondary N) is 1. The van der Waals surface area contributed by atoms with Gasteiger partial charge in [0.05, 0.1) is 0 Å². The molecule has 1 N–H and O–H groups in total. The molecule has 1 fully saturated rings. The Hall–Kier alpha value is -2.43. The van der Waals surface area contributed by atoms with E-state index in [1.807, 2.05) is 17.9 Å². The number of amides is 1. The van der Waals surface area contributed by atoms with Crippen molar-refractivity contribution >= 4 is 17.4 Å². The molecule has 0 radical (unpaired) electrons. The minimum atomic E-state index is -0.0181. The molecule has 0 spiro atoms. The van der Waals surface area contributed by atoms with E-state index in [1.165, 1.54) is 12.0 Å². The smallest absolute Gasteiger partial charge is 0.274 e. The van der Waals surface area contributed by atoms with Crippen LogP contribution in [0.5, 0.6) is 0 Å².